The molecule has 3 heteroatoms. The average molecular weight is 292 g/mol. The van der Waals surface area contributed by atoms with Crippen LogP contribution in [0.5, 0.6) is 0 Å². The fraction of sp³-hybridized carbons (Fsp3) is 0.250. The van der Waals surface area contributed by atoms with Crippen molar-refractivity contribution in [2.45, 2.75) is 17.9 Å². The molecule has 0 aliphatic heterocycles. The zero-order valence-electron chi connectivity index (χ0n) is 11.0. The maximum atomic E-state index is 5.92. The van der Waals surface area contributed by atoms with Gasteiger partial charge in [-0.25, -0.2) is 0 Å². The van der Waals surface area contributed by atoms with Crippen molar-refractivity contribution in [3.8, 4) is 0 Å². The largest absolute Gasteiger partial charge is 0.329 e. The highest BCUT2D eigenvalue weighted by atomic mass is 35.5. The molecule has 0 aliphatic rings. The second-order valence-corrected chi connectivity index (χ2v) is 6.14. The molecule has 0 saturated heterocycles. The Bertz CT molecular complexity index is 525. The summed E-state index contributed by atoms with van der Waals surface area (Å²) in [6, 6.07) is 16.5. The van der Waals surface area contributed by atoms with Crippen LogP contribution in [-0.2, 0) is 5.75 Å². The Hall–Kier alpha value is -0.960. The zero-order chi connectivity index (χ0) is 13.7. The molecule has 0 fully saturated rings. The van der Waals surface area contributed by atoms with Gasteiger partial charge >= 0.3 is 0 Å². The van der Waals surface area contributed by atoms with Crippen LogP contribution in [0.2, 0.25) is 5.02 Å². The molecule has 100 valence electrons. The Kier molecular flexibility index (Phi) is 5.32. The molecule has 0 heterocycles. The molecule has 0 aliphatic carbocycles. The van der Waals surface area contributed by atoms with E-state index in [2.05, 4.69) is 43.3 Å². The topological polar surface area (TPSA) is 26.0 Å². The van der Waals surface area contributed by atoms with Crippen LogP contribution in [-0.4, -0.2) is 6.54 Å². The summed E-state index contributed by atoms with van der Waals surface area (Å²) in [7, 11) is 0. The van der Waals surface area contributed by atoms with Crippen molar-refractivity contribution < 1.29 is 0 Å². The van der Waals surface area contributed by atoms with Gasteiger partial charge in [0.25, 0.3) is 0 Å². The summed E-state index contributed by atoms with van der Waals surface area (Å²) in [6.45, 7) is 2.79. The molecule has 0 radical (unpaired) electrons. The van der Waals surface area contributed by atoms with Gasteiger partial charge in [-0.05, 0) is 35.7 Å². The monoisotopic (exact) mass is 291 g/mol. The Morgan fingerprint density at radius 1 is 1.11 bits per heavy atom. The number of hydrogen-bond donors (Lipinski definition) is 1. The molecule has 2 N–H and O–H groups in total. The van der Waals surface area contributed by atoms with Gasteiger partial charge in [0.2, 0.25) is 0 Å². The molecule has 1 nitrogen and oxygen atoms in total. The SMILES string of the molecule is Cc1ccccc1CSC(CN)c1ccc(Cl)cc1. The van der Waals surface area contributed by atoms with Crippen molar-refractivity contribution >= 4 is 23.4 Å². The number of hydrogen-bond acceptors (Lipinski definition) is 2. The molecule has 2 rings (SSSR count). The van der Waals surface area contributed by atoms with Gasteiger partial charge in [-0.3, -0.25) is 0 Å². The van der Waals surface area contributed by atoms with Crippen molar-refractivity contribution in [3.05, 3.63) is 70.2 Å². The first kappa shape index (κ1) is 14.4. The van der Waals surface area contributed by atoms with Crippen LogP contribution < -0.4 is 5.73 Å². The van der Waals surface area contributed by atoms with Crippen molar-refractivity contribution in [2.24, 2.45) is 5.73 Å². The summed E-state index contributed by atoms with van der Waals surface area (Å²) < 4.78 is 0. The smallest absolute Gasteiger partial charge is 0.0423 e. The maximum Gasteiger partial charge on any atom is 0.0423 e. The molecule has 19 heavy (non-hydrogen) atoms. The Morgan fingerprint density at radius 3 is 2.42 bits per heavy atom. The van der Waals surface area contributed by atoms with Crippen molar-refractivity contribution in [1.29, 1.82) is 0 Å². The highest BCUT2D eigenvalue weighted by Gasteiger charge is 2.10. The van der Waals surface area contributed by atoms with Crippen LogP contribution in [0.25, 0.3) is 0 Å². The van der Waals surface area contributed by atoms with Gasteiger partial charge in [-0.15, -0.1) is 11.8 Å². The predicted octanol–water partition coefficient (Wildman–Crippen LogP) is 4.58. The standard InChI is InChI=1S/C16H18ClNS/c1-12-4-2-3-5-14(12)11-19-16(10-18)13-6-8-15(17)9-7-13/h2-9,16H,10-11,18H2,1H3. The van der Waals surface area contributed by atoms with E-state index in [0.717, 1.165) is 10.8 Å². The molecule has 0 spiro atoms. The quantitative estimate of drug-likeness (QED) is 0.872. The Labute approximate surface area is 124 Å². The minimum atomic E-state index is 0.317. The molecule has 1 atom stereocenters. The third-order valence-electron chi connectivity index (χ3n) is 3.16. The molecular weight excluding hydrogens is 274 g/mol. The molecule has 2 aromatic carbocycles. The van der Waals surface area contributed by atoms with E-state index in [-0.39, 0.29) is 0 Å². The molecular formula is C16H18ClNS. The van der Waals surface area contributed by atoms with Gasteiger partial charge in [0.05, 0.1) is 0 Å². The van der Waals surface area contributed by atoms with Gasteiger partial charge < -0.3 is 5.73 Å². The highest BCUT2D eigenvalue weighted by Crippen LogP contribution is 2.31. The summed E-state index contributed by atoms with van der Waals surface area (Å²) >= 11 is 7.79. The molecule has 0 amide bonds. The summed E-state index contributed by atoms with van der Waals surface area (Å²) in [5, 5.41) is 1.08. The Balaban J connectivity index is 2.04. The summed E-state index contributed by atoms with van der Waals surface area (Å²) in [4.78, 5) is 0. The minimum Gasteiger partial charge on any atom is -0.329 e. The number of halogens is 1. The van der Waals surface area contributed by atoms with Gasteiger partial charge in [-0.1, -0.05) is 48.0 Å². The molecule has 0 saturated carbocycles. The fourth-order valence-corrected chi connectivity index (χ4v) is 3.26. The minimum absolute atomic E-state index is 0.317. The van der Waals surface area contributed by atoms with Crippen molar-refractivity contribution in [2.75, 3.05) is 6.54 Å². The van der Waals surface area contributed by atoms with E-state index in [9.17, 15) is 0 Å². The third kappa shape index (κ3) is 4.00. The van der Waals surface area contributed by atoms with Gasteiger partial charge in [0.1, 0.15) is 0 Å². The van der Waals surface area contributed by atoms with E-state index in [4.69, 9.17) is 17.3 Å². The van der Waals surface area contributed by atoms with Crippen LogP contribution in [0.15, 0.2) is 48.5 Å². The van der Waals surface area contributed by atoms with Gasteiger partial charge in [0.15, 0.2) is 0 Å². The van der Waals surface area contributed by atoms with Crippen LogP contribution >= 0.6 is 23.4 Å². The van der Waals surface area contributed by atoms with E-state index in [1.54, 1.807) is 0 Å². The molecule has 0 aromatic heterocycles. The second kappa shape index (κ2) is 6.99. The predicted molar refractivity (Wildman–Crippen MR) is 85.7 cm³/mol. The van der Waals surface area contributed by atoms with E-state index in [1.807, 2.05) is 23.9 Å². The van der Waals surface area contributed by atoms with E-state index < -0.39 is 0 Å². The summed E-state index contributed by atoms with van der Waals surface area (Å²) in [5.41, 5.74) is 9.84. The number of aryl methyl sites for hydroxylation is 1. The lowest BCUT2D eigenvalue weighted by Gasteiger charge is -2.15. The van der Waals surface area contributed by atoms with Crippen LogP contribution in [0.3, 0.4) is 0 Å². The third-order valence-corrected chi connectivity index (χ3v) is 4.75. The normalized spacial score (nSPS) is 12.4. The molecule has 0 bridgehead atoms. The first-order chi connectivity index (χ1) is 9.20. The number of benzene rings is 2. The summed E-state index contributed by atoms with van der Waals surface area (Å²) in [6.07, 6.45) is 0. The first-order valence-corrected chi connectivity index (χ1v) is 7.75. The van der Waals surface area contributed by atoms with E-state index in [1.165, 1.54) is 16.7 Å². The molecule has 1 unspecified atom stereocenters. The summed E-state index contributed by atoms with van der Waals surface area (Å²) in [5.74, 6) is 0.983. The van der Waals surface area contributed by atoms with Crippen molar-refractivity contribution in [1.82, 2.24) is 0 Å². The maximum absolute atomic E-state index is 5.92. The average Bonchev–Trinajstić information content (AvgIpc) is 2.43. The lowest BCUT2D eigenvalue weighted by molar-refractivity contribution is 0.940. The van der Waals surface area contributed by atoms with E-state index >= 15 is 0 Å². The lowest BCUT2D eigenvalue weighted by Crippen LogP contribution is -2.09. The van der Waals surface area contributed by atoms with E-state index in [0.29, 0.717) is 11.8 Å². The number of rotatable bonds is 5. The second-order valence-electron chi connectivity index (χ2n) is 4.51. The molecule has 2 aromatic rings. The number of nitrogens with two attached hydrogens (primary N) is 1. The van der Waals surface area contributed by atoms with Gasteiger partial charge in [-0.2, -0.15) is 0 Å². The number of thioether (sulfide) groups is 1. The fourth-order valence-electron chi connectivity index (χ4n) is 1.94. The van der Waals surface area contributed by atoms with Gasteiger partial charge in [0, 0.05) is 22.6 Å². The highest BCUT2D eigenvalue weighted by molar-refractivity contribution is 7.98. The first-order valence-electron chi connectivity index (χ1n) is 6.32. The van der Waals surface area contributed by atoms with Crippen LogP contribution in [0, 0.1) is 6.92 Å². The van der Waals surface area contributed by atoms with Crippen molar-refractivity contribution in [3.63, 3.8) is 0 Å². The van der Waals surface area contributed by atoms with Crippen LogP contribution in [0.1, 0.15) is 21.9 Å². The Morgan fingerprint density at radius 2 is 1.79 bits per heavy atom. The lowest BCUT2D eigenvalue weighted by atomic mass is 10.1. The zero-order valence-corrected chi connectivity index (χ0v) is 12.5. The van der Waals surface area contributed by atoms with Crippen LogP contribution in [0.4, 0.5) is 0 Å².